The third-order valence-corrected chi connectivity index (χ3v) is 6.97. The van der Waals surface area contributed by atoms with Gasteiger partial charge in [-0.15, -0.1) is 0 Å². The van der Waals surface area contributed by atoms with Crippen molar-refractivity contribution < 1.29 is 14.2 Å². The van der Waals surface area contributed by atoms with Crippen LogP contribution in [0.3, 0.4) is 0 Å². The summed E-state index contributed by atoms with van der Waals surface area (Å²) in [6, 6.07) is 18.4. The van der Waals surface area contributed by atoms with Gasteiger partial charge in [-0.05, 0) is 77.9 Å². The molecule has 0 radical (unpaired) electrons. The molecule has 0 saturated carbocycles. The first-order valence-corrected chi connectivity index (χ1v) is 11.1. The first-order chi connectivity index (χ1) is 15.9. The fourth-order valence-corrected chi connectivity index (χ4v) is 4.97. The second kappa shape index (κ2) is 8.16. The van der Waals surface area contributed by atoms with E-state index in [1.165, 1.54) is 17.7 Å². The number of nitrogens with zero attached hydrogens (tertiary/aromatic N) is 2. The smallest absolute Gasteiger partial charge is 0.125 e. The van der Waals surface area contributed by atoms with Crippen LogP contribution in [0.1, 0.15) is 43.2 Å². The molecular weight excluding hydrogens is 415 g/mol. The van der Waals surface area contributed by atoms with E-state index in [9.17, 15) is 9.50 Å². The monoisotopic (exact) mass is 442 g/mol. The highest BCUT2D eigenvalue weighted by Crippen LogP contribution is 2.46. The second-order valence-electron chi connectivity index (χ2n) is 9.13. The van der Waals surface area contributed by atoms with E-state index in [-0.39, 0.29) is 11.2 Å². The van der Waals surface area contributed by atoms with Crippen LogP contribution in [0.5, 0.6) is 5.75 Å². The average molecular weight is 443 g/mol. The number of rotatable bonds is 5. The third kappa shape index (κ3) is 3.72. The Morgan fingerprint density at radius 3 is 2.64 bits per heavy atom. The Morgan fingerprint density at radius 1 is 1.12 bits per heavy atom. The second-order valence-corrected chi connectivity index (χ2v) is 9.13. The number of aliphatic hydroxyl groups excluding tert-OH is 1. The van der Waals surface area contributed by atoms with Gasteiger partial charge in [-0.2, -0.15) is 5.10 Å². The standard InChI is InChI=1S/C28H27FN2O2/c1-18-14-24-20(17-30-31(24)22-11-9-21(29)10-12-22)15-28(18,2)16-25(32)27-23-7-5-4-6-19(23)8-13-26(27)33-3/h4-14,17,25,32H,15-16H2,1-3H3. The summed E-state index contributed by atoms with van der Waals surface area (Å²) in [5.74, 6) is 0.434. The van der Waals surface area contributed by atoms with Crippen molar-refractivity contribution in [2.24, 2.45) is 5.41 Å². The number of benzene rings is 3. The molecule has 0 amide bonds. The summed E-state index contributed by atoms with van der Waals surface area (Å²) in [7, 11) is 1.64. The summed E-state index contributed by atoms with van der Waals surface area (Å²) in [4.78, 5) is 0. The molecule has 3 aromatic carbocycles. The first-order valence-electron chi connectivity index (χ1n) is 11.1. The minimum atomic E-state index is -0.687. The van der Waals surface area contributed by atoms with Crippen molar-refractivity contribution in [2.45, 2.75) is 32.8 Å². The van der Waals surface area contributed by atoms with Gasteiger partial charge in [0.25, 0.3) is 0 Å². The van der Waals surface area contributed by atoms with Crippen molar-refractivity contribution in [1.82, 2.24) is 9.78 Å². The lowest BCUT2D eigenvalue weighted by Crippen LogP contribution is -2.27. The van der Waals surface area contributed by atoms with Crippen LogP contribution in [0.2, 0.25) is 0 Å². The average Bonchev–Trinajstić information content (AvgIpc) is 3.20. The normalized spacial score (nSPS) is 18.6. The topological polar surface area (TPSA) is 47.3 Å². The predicted octanol–water partition coefficient (Wildman–Crippen LogP) is 6.26. The van der Waals surface area contributed by atoms with Crippen molar-refractivity contribution in [3.8, 4) is 11.4 Å². The Balaban J connectivity index is 1.49. The minimum absolute atomic E-state index is 0.245. The van der Waals surface area contributed by atoms with Gasteiger partial charge in [0, 0.05) is 5.56 Å². The Kier molecular flexibility index (Phi) is 5.29. The quantitative estimate of drug-likeness (QED) is 0.397. The highest BCUT2D eigenvalue weighted by Gasteiger charge is 2.36. The maximum atomic E-state index is 13.4. The summed E-state index contributed by atoms with van der Waals surface area (Å²) in [6.45, 7) is 4.30. The molecule has 0 spiro atoms. The van der Waals surface area contributed by atoms with Crippen molar-refractivity contribution in [3.05, 3.63) is 95.1 Å². The number of halogens is 1. The molecule has 2 atom stereocenters. The van der Waals surface area contributed by atoms with Gasteiger partial charge in [-0.1, -0.05) is 42.8 Å². The van der Waals surface area contributed by atoms with E-state index in [0.717, 1.165) is 39.7 Å². The number of methoxy groups -OCH3 is 1. The molecule has 5 rings (SSSR count). The van der Waals surface area contributed by atoms with Crippen LogP contribution in [-0.2, 0) is 6.42 Å². The zero-order chi connectivity index (χ0) is 23.2. The molecule has 0 bridgehead atoms. The molecule has 1 aliphatic carbocycles. The van der Waals surface area contributed by atoms with Gasteiger partial charge in [0.1, 0.15) is 11.6 Å². The summed E-state index contributed by atoms with van der Waals surface area (Å²) in [5.41, 5.74) is 4.71. The minimum Gasteiger partial charge on any atom is -0.496 e. The number of hydrogen-bond donors (Lipinski definition) is 1. The van der Waals surface area contributed by atoms with Crippen molar-refractivity contribution >= 4 is 16.8 Å². The highest BCUT2D eigenvalue weighted by molar-refractivity contribution is 5.88. The zero-order valence-electron chi connectivity index (χ0n) is 19.0. The van der Waals surface area contributed by atoms with Gasteiger partial charge in [-0.3, -0.25) is 0 Å². The van der Waals surface area contributed by atoms with E-state index < -0.39 is 6.10 Å². The van der Waals surface area contributed by atoms with E-state index in [1.54, 1.807) is 19.2 Å². The highest BCUT2D eigenvalue weighted by atomic mass is 19.1. The van der Waals surface area contributed by atoms with Gasteiger partial charge in [0.2, 0.25) is 0 Å². The van der Waals surface area contributed by atoms with E-state index in [4.69, 9.17) is 4.74 Å². The Labute approximate surface area is 192 Å². The number of ether oxygens (including phenoxy) is 1. The molecular formula is C28H27FN2O2. The molecule has 5 heteroatoms. The molecule has 33 heavy (non-hydrogen) atoms. The van der Waals surface area contributed by atoms with Crippen molar-refractivity contribution in [2.75, 3.05) is 7.11 Å². The molecule has 0 aliphatic heterocycles. The SMILES string of the molecule is COc1ccc2ccccc2c1C(O)CC1(C)Cc2cnn(-c3ccc(F)cc3)c2C=C1C. The van der Waals surface area contributed by atoms with E-state index in [1.807, 2.05) is 41.2 Å². The summed E-state index contributed by atoms with van der Waals surface area (Å²) in [6.07, 6.45) is 4.65. The third-order valence-electron chi connectivity index (χ3n) is 6.97. The Morgan fingerprint density at radius 2 is 1.88 bits per heavy atom. The molecule has 1 aromatic heterocycles. The van der Waals surface area contributed by atoms with Crippen LogP contribution >= 0.6 is 0 Å². The predicted molar refractivity (Wildman–Crippen MR) is 129 cm³/mol. The number of hydrogen-bond acceptors (Lipinski definition) is 3. The number of fused-ring (bicyclic) bond motifs is 2. The maximum Gasteiger partial charge on any atom is 0.125 e. The van der Waals surface area contributed by atoms with Gasteiger partial charge in [0.05, 0.1) is 30.8 Å². The molecule has 0 fully saturated rings. The fourth-order valence-electron chi connectivity index (χ4n) is 4.97. The van der Waals surface area contributed by atoms with Gasteiger partial charge in [-0.25, -0.2) is 9.07 Å². The maximum absolute atomic E-state index is 13.4. The van der Waals surface area contributed by atoms with Crippen LogP contribution in [0.4, 0.5) is 4.39 Å². The van der Waals surface area contributed by atoms with E-state index >= 15 is 0 Å². The molecule has 2 unspecified atom stereocenters. The van der Waals surface area contributed by atoms with Crippen molar-refractivity contribution in [3.63, 3.8) is 0 Å². The summed E-state index contributed by atoms with van der Waals surface area (Å²) in [5, 5.41) is 18.1. The molecule has 0 saturated heterocycles. The Bertz CT molecular complexity index is 1360. The van der Waals surface area contributed by atoms with E-state index in [0.29, 0.717) is 12.2 Å². The molecule has 1 heterocycles. The van der Waals surface area contributed by atoms with Crippen LogP contribution in [0.25, 0.3) is 22.5 Å². The fraction of sp³-hybridized carbons (Fsp3) is 0.250. The number of aromatic nitrogens is 2. The van der Waals surface area contributed by atoms with Crippen LogP contribution < -0.4 is 4.74 Å². The van der Waals surface area contributed by atoms with Crippen LogP contribution in [0, 0.1) is 11.2 Å². The number of aliphatic hydroxyl groups is 1. The lowest BCUT2D eigenvalue weighted by Gasteiger charge is -2.36. The van der Waals surface area contributed by atoms with Gasteiger partial charge >= 0.3 is 0 Å². The Hall–Kier alpha value is -3.44. The molecule has 4 aromatic rings. The lowest BCUT2D eigenvalue weighted by atomic mass is 9.69. The van der Waals surface area contributed by atoms with Crippen LogP contribution in [0.15, 0.2) is 72.4 Å². The number of allylic oxidation sites excluding steroid dienone is 1. The summed E-state index contributed by atoms with van der Waals surface area (Å²) < 4.78 is 20.8. The largest absolute Gasteiger partial charge is 0.496 e. The summed E-state index contributed by atoms with van der Waals surface area (Å²) >= 11 is 0. The molecule has 1 aliphatic rings. The first kappa shape index (κ1) is 21.4. The van der Waals surface area contributed by atoms with Gasteiger partial charge < -0.3 is 9.84 Å². The van der Waals surface area contributed by atoms with Gasteiger partial charge in [0.15, 0.2) is 0 Å². The molecule has 1 N–H and O–H groups in total. The van der Waals surface area contributed by atoms with Crippen LogP contribution in [-0.4, -0.2) is 22.0 Å². The van der Waals surface area contributed by atoms with Crippen molar-refractivity contribution in [1.29, 1.82) is 0 Å². The van der Waals surface area contributed by atoms with E-state index in [2.05, 4.69) is 31.1 Å². The molecule has 168 valence electrons. The molecule has 4 nitrogen and oxygen atoms in total. The lowest BCUT2D eigenvalue weighted by molar-refractivity contribution is 0.119. The zero-order valence-corrected chi connectivity index (χ0v) is 19.0.